The molecule has 0 saturated carbocycles. The zero-order chi connectivity index (χ0) is 10.3. The number of benzene rings is 1. The number of furan rings is 1. The molecule has 0 saturated heterocycles. The number of hydrogen-bond donors (Lipinski definition) is 2. The molecule has 14 heavy (non-hydrogen) atoms. The van der Waals surface area contributed by atoms with Crippen molar-refractivity contribution in [3.05, 3.63) is 29.6 Å². The average molecular weight is 194 g/mol. The molecule has 0 unspecified atom stereocenters. The molecule has 2 rings (SSSR count). The van der Waals surface area contributed by atoms with Crippen LogP contribution in [0.25, 0.3) is 11.0 Å². The van der Waals surface area contributed by atoms with Gasteiger partial charge in [-0.05, 0) is 30.7 Å². The van der Waals surface area contributed by atoms with Crippen LogP contribution in [-0.2, 0) is 0 Å². The highest BCUT2D eigenvalue weighted by atomic mass is 19.1. The van der Waals surface area contributed by atoms with Crippen molar-refractivity contribution in [3.8, 4) is 0 Å². The van der Waals surface area contributed by atoms with E-state index in [1.165, 1.54) is 18.2 Å². The molecular formula is C9H8BFO3. The van der Waals surface area contributed by atoms with Gasteiger partial charge in [-0.3, -0.25) is 0 Å². The molecule has 1 aromatic heterocycles. The lowest BCUT2D eigenvalue weighted by Gasteiger charge is -1.93. The van der Waals surface area contributed by atoms with Gasteiger partial charge in [0.1, 0.15) is 17.1 Å². The molecule has 5 heteroatoms. The third-order valence-electron chi connectivity index (χ3n) is 2.17. The van der Waals surface area contributed by atoms with Crippen LogP contribution in [0, 0.1) is 12.7 Å². The topological polar surface area (TPSA) is 53.6 Å². The summed E-state index contributed by atoms with van der Waals surface area (Å²) in [6.45, 7) is 1.65. The van der Waals surface area contributed by atoms with Crippen molar-refractivity contribution >= 4 is 23.7 Å². The second-order valence-corrected chi connectivity index (χ2v) is 3.11. The first-order valence-corrected chi connectivity index (χ1v) is 4.14. The van der Waals surface area contributed by atoms with Crippen LogP contribution >= 0.6 is 0 Å². The molecule has 0 radical (unpaired) electrons. The van der Waals surface area contributed by atoms with Gasteiger partial charge in [0.25, 0.3) is 0 Å². The van der Waals surface area contributed by atoms with Crippen LogP contribution in [0.3, 0.4) is 0 Å². The lowest BCUT2D eigenvalue weighted by Crippen LogP contribution is -2.30. The fourth-order valence-corrected chi connectivity index (χ4v) is 1.46. The molecule has 2 aromatic rings. The smallest absolute Gasteiger partial charge is 0.464 e. The van der Waals surface area contributed by atoms with Gasteiger partial charge in [-0.1, -0.05) is 0 Å². The second kappa shape index (κ2) is 3.11. The summed E-state index contributed by atoms with van der Waals surface area (Å²) in [5, 5.41) is 18.4. The van der Waals surface area contributed by atoms with Crippen molar-refractivity contribution in [2.45, 2.75) is 6.92 Å². The molecule has 1 heterocycles. The lowest BCUT2D eigenvalue weighted by atomic mass is 9.84. The fraction of sp³-hybridized carbons (Fsp3) is 0.111. The molecule has 0 spiro atoms. The largest absolute Gasteiger partial charge is 0.526 e. The molecule has 2 N–H and O–H groups in total. The highest BCUT2D eigenvalue weighted by Crippen LogP contribution is 2.19. The third kappa shape index (κ3) is 1.30. The van der Waals surface area contributed by atoms with Gasteiger partial charge >= 0.3 is 7.12 Å². The van der Waals surface area contributed by atoms with Crippen molar-refractivity contribution in [3.63, 3.8) is 0 Å². The Bertz CT molecular complexity index is 478. The van der Waals surface area contributed by atoms with Gasteiger partial charge in [0.15, 0.2) is 0 Å². The van der Waals surface area contributed by atoms with Crippen LogP contribution in [-0.4, -0.2) is 17.2 Å². The number of halogens is 1. The molecule has 0 fully saturated rings. The van der Waals surface area contributed by atoms with E-state index < -0.39 is 7.12 Å². The minimum Gasteiger partial charge on any atom is -0.464 e. The Balaban J connectivity index is 2.74. The van der Waals surface area contributed by atoms with E-state index in [1.54, 1.807) is 6.92 Å². The minimum absolute atomic E-state index is 0.0607. The average Bonchev–Trinajstić information content (AvgIpc) is 2.44. The third-order valence-corrected chi connectivity index (χ3v) is 2.17. The summed E-state index contributed by atoms with van der Waals surface area (Å²) in [6.07, 6.45) is 0. The standard InChI is InChI=1S/C9H8BFO3/c1-5-7-4-6(11)2-3-8(7)14-9(5)10(12)13/h2-4,12-13H,1H3. The fourth-order valence-electron chi connectivity index (χ4n) is 1.46. The predicted molar refractivity (Wildman–Crippen MR) is 50.7 cm³/mol. The maximum Gasteiger partial charge on any atom is 0.526 e. The zero-order valence-electron chi connectivity index (χ0n) is 7.49. The Labute approximate surface area is 79.9 Å². The van der Waals surface area contributed by atoms with Gasteiger partial charge in [0.2, 0.25) is 0 Å². The van der Waals surface area contributed by atoms with Gasteiger partial charge < -0.3 is 14.5 Å². The molecule has 0 amide bonds. The van der Waals surface area contributed by atoms with Crippen LogP contribution < -0.4 is 5.66 Å². The summed E-state index contributed by atoms with van der Waals surface area (Å²) in [5.41, 5.74) is 1.06. The molecule has 1 aromatic carbocycles. The monoisotopic (exact) mass is 194 g/mol. The Hall–Kier alpha value is -1.33. The van der Waals surface area contributed by atoms with E-state index in [1.807, 2.05) is 0 Å². The second-order valence-electron chi connectivity index (χ2n) is 3.11. The normalized spacial score (nSPS) is 10.9. The molecule has 3 nitrogen and oxygen atoms in total. The maximum absolute atomic E-state index is 12.9. The van der Waals surface area contributed by atoms with Crippen LogP contribution in [0.4, 0.5) is 4.39 Å². The van der Waals surface area contributed by atoms with E-state index in [-0.39, 0.29) is 11.5 Å². The summed E-state index contributed by atoms with van der Waals surface area (Å²) in [6, 6.07) is 4.03. The van der Waals surface area contributed by atoms with Gasteiger partial charge in [-0.25, -0.2) is 4.39 Å². The van der Waals surface area contributed by atoms with Gasteiger partial charge in [-0.15, -0.1) is 0 Å². The molecule has 0 aliphatic heterocycles. The first-order valence-electron chi connectivity index (χ1n) is 4.14. The highest BCUT2D eigenvalue weighted by Gasteiger charge is 2.21. The molecule has 0 aliphatic rings. The Kier molecular flexibility index (Phi) is 2.05. The summed E-state index contributed by atoms with van der Waals surface area (Å²) < 4.78 is 18.0. The molecule has 0 aliphatic carbocycles. The lowest BCUT2D eigenvalue weighted by molar-refractivity contribution is 0.412. The first kappa shape index (κ1) is 9.24. The Morgan fingerprint density at radius 2 is 2.07 bits per heavy atom. The van der Waals surface area contributed by atoms with E-state index in [0.717, 1.165) is 0 Å². The summed E-state index contributed by atoms with van der Waals surface area (Å²) >= 11 is 0. The number of fused-ring (bicyclic) bond motifs is 1. The van der Waals surface area contributed by atoms with Crippen molar-refractivity contribution in [1.29, 1.82) is 0 Å². The van der Waals surface area contributed by atoms with E-state index in [0.29, 0.717) is 16.5 Å². The van der Waals surface area contributed by atoms with Crippen LogP contribution in [0.15, 0.2) is 22.6 Å². The van der Waals surface area contributed by atoms with Crippen molar-refractivity contribution in [1.82, 2.24) is 0 Å². The zero-order valence-corrected chi connectivity index (χ0v) is 7.49. The maximum atomic E-state index is 12.9. The van der Waals surface area contributed by atoms with Crippen LogP contribution in [0.1, 0.15) is 5.56 Å². The quantitative estimate of drug-likeness (QED) is 0.652. The van der Waals surface area contributed by atoms with Gasteiger partial charge in [0.05, 0.1) is 0 Å². The Morgan fingerprint density at radius 1 is 1.36 bits per heavy atom. The van der Waals surface area contributed by atoms with Gasteiger partial charge in [-0.2, -0.15) is 0 Å². The Morgan fingerprint density at radius 3 is 2.71 bits per heavy atom. The van der Waals surface area contributed by atoms with Crippen LogP contribution in [0.5, 0.6) is 0 Å². The number of rotatable bonds is 1. The van der Waals surface area contributed by atoms with E-state index >= 15 is 0 Å². The first-order chi connectivity index (χ1) is 6.59. The van der Waals surface area contributed by atoms with Crippen molar-refractivity contribution in [2.24, 2.45) is 0 Å². The number of hydrogen-bond acceptors (Lipinski definition) is 3. The van der Waals surface area contributed by atoms with E-state index in [9.17, 15) is 4.39 Å². The van der Waals surface area contributed by atoms with E-state index in [2.05, 4.69) is 0 Å². The SMILES string of the molecule is Cc1c(B(O)O)oc2ccc(F)cc12. The van der Waals surface area contributed by atoms with Crippen molar-refractivity contribution < 1.29 is 18.9 Å². The van der Waals surface area contributed by atoms with E-state index in [4.69, 9.17) is 14.5 Å². The summed E-state index contributed by atoms with van der Waals surface area (Å²) in [7, 11) is -1.66. The highest BCUT2D eigenvalue weighted by molar-refractivity contribution is 6.58. The van der Waals surface area contributed by atoms with Crippen molar-refractivity contribution in [2.75, 3.05) is 0 Å². The molecule has 0 bridgehead atoms. The summed E-state index contributed by atoms with van der Waals surface area (Å²) in [4.78, 5) is 0. The molecule has 0 atom stereocenters. The van der Waals surface area contributed by atoms with Gasteiger partial charge in [0, 0.05) is 5.39 Å². The van der Waals surface area contributed by atoms with Crippen LogP contribution in [0.2, 0.25) is 0 Å². The predicted octanol–water partition coefficient (Wildman–Crippen LogP) is 0.560. The molecule has 72 valence electrons. The number of aryl methyl sites for hydroxylation is 1. The minimum atomic E-state index is -1.66. The molecular weight excluding hydrogens is 186 g/mol. The summed E-state index contributed by atoms with van der Waals surface area (Å²) in [5.74, 6) is -0.375.